The van der Waals surface area contributed by atoms with Crippen LogP contribution < -0.4 is 5.32 Å². The van der Waals surface area contributed by atoms with Gasteiger partial charge in [-0.05, 0) is 40.8 Å². The third kappa shape index (κ3) is 3.56. The lowest BCUT2D eigenvalue weighted by atomic mass is 10.1. The van der Waals surface area contributed by atoms with Crippen molar-refractivity contribution < 1.29 is 29.0 Å². The van der Waals surface area contributed by atoms with Crippen molar-refractivity contribution in [2.24, 2.45) is 0 Å². The number of cyclic esters (lactones) is 2. The zero-order valence-electron chi connectivity index (χ0n) is 11.7. The lowest BCUT2D eigenvalue weighted by molar-refractivity contribution is -0.222. The number of ether oxygens (including phenoxy) is 2. The molecule has 1 heterocycles. The molecule has 1 saturated heterocycles. The van der Waals surface area contributed by atoms with Crippen molar-refractivity contribution in [2.45, 2.75) is 19.6 Å². The van der Waals surface area contributed by atoms with Gasteiger partial charge in [-0.25, -0.2) is 14.4 Å². The van der Waals surface area contributed by atoms with E-state index in [4.69, 9.17) is 14.6 Å². The fourth-order valence-corrected chi connectivity index (χ4v) is 2.24. The largest absolute Gasteiger partial charge is 0.478 e. The molecule has 8 heteroatoms. The Morgan fingerprint density at radius 1 is 1.27 bits per heavy atom. The van der Waals surface area contributed by atoms with E-state index in [1.54, 1.807) is 6.07 Å². The van der Waals surface area contributed by atoms with Crippen LogP contribution in [-0.2, 0) is 19.1 Å². The Hall–Kier alpha value is -2.10. The molecule has 2 N–H and O–H groups in total. The van der Waals surface area contributed by atoms with Gasteiger partial charge < -0.3 is 19.9 Å². The smallest absolute Gasteiger partial charge is 0.350 e. The summed E-state index contributed by atoms with van der Waals surface area (Å²) in [6.07, 6.45) is 1.08. The molecule has 0 spiro atoms. The van der Waals surface area contributed by atoms with Crippen molar-refractivity contribution >= 4 is 46.2 Å². The number of anilines is 1. The van der Waals surface area contributed by atoms with Gasteiger partial charge in [-0.3, -0.25) is 0 Å². The standard InChI is InChI=1S/C14H12INO6/c1-14(2)21-12(19)9(13(20)22-14)6-16-10-4-3-7(15)5-8(10)11(17)18/h3-6,16H,1-2H3,(H,17,18). The SMILES string of the molecule is CC1(C)OC(=O)C(=CNc2ccc(I)cc2C(=O)O)C(=O)O1. The van der Waals surface area contributed by atoms with Gasteiger partial charge in [-0.15, -0.1) is 0 Å². The molecule has 0 saturated carbocycles. The number of hydrogen-bond acceptors (Lipinski definition) is 6. The summed E-state index contributed by atoms with van der Waals surface area (Å²) >= 11 is 1.98. The van der Waals surface area contributed by atoms with Crippen LogP contribution in [0.5, 0.6) is 0 Å². The Morgan fingerprint density at radius 2 is 1.86 bits per heavy atom. The molecule has 0 atom stereocenters. The fraction of sp³-hybridized carbons (Fsp3) is 0.214. The number of benzene rings is 1. The highest BCUT2D eigenvalue weighted by Gasteiger charge is 2.38. The highest BCUT2D eigenvalue weighted by Crippen LogP contribution is 2.24. The number of carboxylic acids is 1. The first-order valence-electron chi connectivity index (χ1n) is 6.16. The quantitative estimate of drug-likeness (QED) is 0.336. The summed E-state index contributed by atoms with van der Waals surface area (Å²) in [7, 11) is 0. The van der Waals surface area contributed by atoms with Crippen LogP contribution in [0.25, 0.3) is 0 Å². The van der Waals surface area contributed by atoms with Gasteiger partial charge >= 0.3 is 17.9 Å². The van der Waals surface area contributed by atoms with Gasteiger partial charge in [-0.1, -0.05) is 0 Å². The van der Waals surface area contributed by atoms with Gasteiger partial charge in [0.1, 0.15) is 0 Å². The average Bonchev–Trinajstić information content (AvgIpc) is 2.37. The summed E-state index contributed by atoms with van der Waals surface area (Å²) < 4.78 is 10.6. The number of esters is 2. The van der Waals surface area contributed by atoms with Crippen molar-refractivity contribution in [1.29, 1.82) is 0 Å². The maximum absolute atomic E-state index is 11.8. The molecular weight excluding hydrogens is 405 g/mol. The number of carboxylic acid groups (broad SMARTS) is 1. The molecule has 22 heavy (non-hydrogen) atoms. The lowest BCUT2D eigenvalue weighted by Gasteiger charge is -2.29. The number of rotatable bonds is 3. The zero-order chi connectivity index (χ0) is 16.5. The number of hydrogen-bond donors (Lipinski definition) is 2. The Balaban J connectivity index is 2.27. The minimum absolute atomic E-state index is 0.0154. The van der Waals surface area contributed by atoms with E-state index in [-0.39, 0.29) is 16.8 Å². The fourth-order valence-electron chi connectivity index (χ4n) is 1.75. The number of carbonyl (C=O) groups excluding carboxylic acids is 2. The van der Waals surface area contributed by atoms with Gasteiger partial charge in [0.15, 0.2) is 5.57 Å². The minimum atomic E-state index is -1.32. The van der Waals surface area contributed by atoms with Crippen molar-refractivity contribution in [3.05, 3.63) is 39.1 Å². The summed E-state index contributed by atoms with van der Waals surface area (Å²) in [6.45, 7) is 2.88. The van der Waals surface area contributed by atoms with E-state index in [2.05, 4.69) is 5.32 Å². The molecule has 1 aliphatic rings. The first kappa shape index (κ1) is 16.3. The minimum Gasteiger partial charge on any atom is -0.478 e. The Labute approximate surface area is 139 Å². The van der Waals surface area contributed by atoms with Gasteiger partial charge in [0.25, 0.3) is 5.79 Å². The summed E-state index contributed by atoms with van der Waals surface area (Å²) in [5.74, 6) is -4.12. The number of aromatic carboxylic acids is 1. The molecule has 0 amide bonds. The first-order valence-corrected chi connectivity index (χ1v) is 7.24. The second-order valence-electron chi connectivity index (χ2n) is 4.88. The van der Waals surface area contributed by atoms with E-state index < -0.39 is 23.7 Å². The average molecular weight is 417 g/mol. The van der Waals surface area contributed by atoms with E-state index in [9.17, 15) is 14.4 Å². The van der Waals surface area contributed by atoms with Crippen molar-refractivity contribution in [2.75, 3.05) is 5.32 Å². The normalized spacial score (nSPS) is 16.6. The molecule has 1 aromatic rings. The van der Waals surface area contributed by atoms with Gasteiger partial charge in [0, 0.05) is 23.6 Å². The molecule has 0 bridgehead atoms. The van der Waals surface area contributed by atoms with Crippen LogP contribution >= 0.6 is 22.6 Å². The molecule has 1 aliphatic heterocycles. The molecule has 0 unspecified atom stereocenters. The van der Waals surface area contributed by atoms with Crippen LogP contribution in [0, 0.1) is 3.57 Å². The highest BCUT2D eigenvalue weighted by atomic mass is 127. The number of carbonyl (C=O) groups is 3. The van der Waals surface area contributed by atoms with Crippen LogP contribution in [-0.4, -0.2) is 28.8 Å². The first-order chi connectivity index (χ1) is 10.2. The Bertz CT molecular complexity index is 673. The molecule has 1 fully saturated rings. The molecule has 116 valence electrons. The van der Waals surface area contributed by atoms with Crippen LogP contribution in [0.4, 0.5) is 5.69 Å². The van der Waals surface area contributed by atoms with Gasteiger partial charge in [-0.2, -0.15) is 0 Å². The third-order valence-electron chi connectivity index (χ3n) is 2.70. The molecule has 0 aromatic heterocycles. The van der Waals surface area contributed by atoms with E-state index in [0.717, 1.165) is 9.77 Å². The van der Waals surface area contributed by atoms with Gasteiger partial charge in [0.2, 0.25) is 0 Å². The summed E-state index contributed by atoms with van der Waals surface area (Å²) in [4.78, 5) is 34.7. The van der Waals surface area contributed by atoms with Crippen molar-refractivity contribution in [1.82, 2.24) is 0 Å². The lowest BCUT2D eigenvalue weighted by Crippen LogP contribution is -2.42. The highest BCUT2D eigenvalue weighted by molar-refractivity contribution is 14.1. The zero-order valence-corrected chi connectivity index (χ0v) is 13.8. The van der Waals surface area contributed by atoms with Crippen molar-refractivity contribution in [3.8, 4) is 0 Å². The predicted molar refractivity (Wildman–Crippen MR) is 84.1 cm³/mol. The van der Waals surface area contributed by atoms with Crippen molar-refractivity contribution in [3.63, 3.8) is 0 Å². The van der Waals surface area contributed by atoms with Crippen LogP contribution in [0.1, 0.15) is 24.2 Å². The van der Waals surface area contributed by atoms with Crippen LogP contribution in [0.15, 0.2) is 30.0 Å². The molecule has 0 aliphatic carbocycles. The number of halogens is 1. The number of nitrogens with one attached hydrogen (secondary N) is 1. The maximum atomic E-state index is 11.8. The molecule has 7 nitrogen and oxygen atoms in total. The Kier molecular flexibility index (Phi) is 4.40. The molecule has 0 radical (unpaired) electrons. The van der Waals surface area contributed by atoms with E-state index in [1.807, 2.05) is 22.6 Å². The Morgan fingerprint density at radius 3 is 2.41 bits per heavy atom. The maximum Gasteiger partial charge on any atom is 0.350 e. The summed E-state index contributed by atoms with van der Waals surface area (Å²) in [5.41, 5.74) is -0.0818. The molecule has 2 rings (SSSR count). The van der Waals surface area contributed by atoms with Crippen LogP contribution in [0.2, 0.25) is 0 Å². The van der Waals surface area contributed by atoms with Gasteiger partial charge in [0.05, 0.1) is 11.3 Å². The second-order valence-corrected chi connectivity index (χ2v) is 6.12. The second kappa shape index (κ2) is 5.95. The van der Waals surface area contributed by atoms with Crippen LogP contribution in [0.3, 0.4) is 0 Å². The molecule has 1 aromatic carbocycles. The summed E-state index contributed by atoms with van der Waals surface area (Å²) in [6, 6.07) is 4.69. The van der Waals surface area contributed by atoms with E-state index in [1.165, 1.54) is 26.0 Å². The summed E-state index contributed by atoms with van der Waals surface area (Å²) in [5, 5.41) is 11.8. The monoisotopic (exact) mass is 417 g/mol. The topological polar surface area (TPSA) is 102 Å². The third-order valence-corrected chi connectivity index (χ3v) is 3.37. The predicted octanol–water partition coefficient (Wildman–Crippen LogP) is 2.12. The van der Waals surface area contributed by atoms with E-state index >= 15 is 0 Å². The molecular formula is C14H12INO6. The van der Waals surface area contributed by atoms with E-state index in [0.29, 0.717) is 0 Å².